The molecule has 0 bridgehead atoms. The van der Waals surface area contributed by atoms with Crippen LogP contribution in [0.2, 0.25) is 0 Å². The van der Waals surface area contributed by atoms with Crippen molar-refractivity contribution in [2.75, 3.05) is 20.8 Å². The van der Waals surface area contributed by atoms with Crippen LogP contribution in [-0.4, -0.2) is 25.7 Å². The van der Waals surface area contributed by atoms with Gasteiger partial charge < -0.3 is 9.47 Å². The van der Waals surface area contributed by atoms with Crippen LogP contribution in [0.3, 0.4) is 0 Å². The fourth-order valence-electron chi connectivity index (χ4n) is 4.19. The molecule has 26 heavy (non-hydrogen) atoms. The van der Waals surface area contributed by atoms with Gasteiger partial charge in [0.05, 0.1) is 27.4 Å². The molecule has 2 aliphatic rings. The summed E-state index contributed by atoms with van der Waals surface area (Å²) in [7, 11) is 3.34. The summed E-state index contributed by atoms with van der Waals surface area (Å²) >= 11 is 0. The third kappa shape index (κ3) is 2.41. The molecule has 0 spiro atoms. The van der Waals surface area contributed by atoms with Crippen LogP contribution >= 0.6 is 0 Å². The molecule has 1 atom stereocenters. The molecule has 4 rings (SSSR count). The standard InChI is InChI=1S/C21H19N3O2/c1-22-17-9-14-7-8-24-12-16-13(5-6-20(25-3)21(16)26-4)10-19(24)15(14)11-18(17)23-2/h5-6,9,11,19H,7-8,10,12H2,3-4H3. The average Bonchev–Trinajstić information content (AvgIpc) is 2.70. The molecule has 1 unspecified atom stereocenters. The number of rotatable bonds is 2. The van der Waals surface area contributed by atoms with Gasteiger partial charge in [-0.05, 0) is 30.0 Å². The third-order valence-electron chi connectivity index (χ3n) is 5.47. The maximum atomic E-state index is 7.39. The summed E-state index contributed by atoms with van der Waals surface area (Å²) in [5.41, 5.74) is 5.77. The summed E-state index contributed by atoms with van der Waals surface area (Å²) in [4.78, 5) is 9.53. The van der Waals surface area contributed by atoms with Gasteiger partial charge in [-0.1, -0.05) is 23.8 Å². The lowest BCUT2D eigenvalue weighted by atomic mass is 9.83. The largest absolute Gasteiger partial charge is 0.493 e. The molecule has 2 aromatic carbocycles. The summed E-state index contributed by atoms with van der Waals surface area (Å²) in [6.45, 7) is 16.4. The summed E-state index contributed by atoms with van der Waals surface area (Å²) in [6, 6.07) is 8.16. The maximum absolute atomic E-state index is 7.39. The van der Waals surface area contributed by atoms with Gasteiger partial charge in [0.2, 0.25) is 0 Å². The molecule has 0 amide bonds. The monoisotopic (exact) mass is 345 g/mol. The average molecular weight is 345 g/mol. The van der Waals surface area contributed by atoms with E-state index in [1.165, 1.54) is 22.3 Å². The van der Waals surface area contributed by atoms with Crippen molar-refractivity contribution in [1.82, 2.24) is 4.90 Å². The Bertz CT molecular complexity index is 969. The van der Waals surface area contributed by atoms with E-state index in [4.69, 9.17) is 22.6 Å². The van der Waals surface area contributed by atoms with Gasteiger partial charge in [-0.3, -0.25) is 14.6 Å². The number of hydrogen-bond donors (Lipinski definition) is 0. The van der Waals surface area contributed by atoms with Crippen molar-refractivity contribution in [3.63, 3.8) is 0 Å². The van der Waals surface area contributed by atoms with Crippen LogP contribution in [0.25, 0.3) is 9.69 Å². The maximum Gasteiger partial charge on any atom is 0.194 e. The molecule has 130 valence electrons. The lowest BCUT2D eigenvalue weighted by molar-refractivity contribution is 0.158. The highest BCUT2D eigenvalue weighted by Gasteiger charge is 2.34. The minimum Gasteiger partial charge on any atom is -0.493 e. The molecule has 0 radical (unpaired) electrons. The molecule has 5 nitrogen and oxygen atoms in total. The molecule has 0 saturated heterocycles. The summed E-state index contributed by atoms with van der Waals surface area (Å²) < 4.78 is 11.1. The van der Waals surface area contributed by atoms with E-state index in [9.17, 15) is 0 Å². The Morgan fingerprint density at radius 2 is 1.81 bits per heavy atom. The predicted octanol–water partition coefficient (Wildman–Crippen LogP) is 4.46. The summed E-state index contributed by atoms with van der Waals surface area (Å²) in [6.07, 6.45) is 1.77. The van der Waals surface area contributed by atoms with Gasteiger partial charge in [-0.2, -0.15) is 0 Å². The number of fused-ring (bicyclic) bond motifs is 4. The molecule has 0 saturated carbocycles. The van der Waals surface area contributed by atoms with E-state index in [0.717, 1.165) is 37.4 Å². The first-order chi connectivity index (χ1) is 12.7. The molecular weight excluding hydrogens is 326 g/mol. The van der Waals surface area contributed by atoms with Crippen LogP contribution in [0, 0.1) is 13.1 Å². The first kappa shape index (κ1) is 16.4. The number of ether oxygens (including phenoxy) is 2. The zero-order valence-electron chi connectivity index (χ0n) is 14.9. The Balaban J connectivity index is 1.79. The van der Waals surface area contributed by atoms with Crippen LogP contribution in [0.15, 0.2) is 24.3 Å². The van der Waals surface area contributed by atoms with Crippen LogP contribution in [0.5, 0.6) is 11.5 Å². The van der Waals surface area contributed by atoms with Crippen molar-refractivity contribution in [3.05, 3.63) is 69.4 Å². The molecule has 0 aliphatic carbocycles. The first-order valence-corrected chi connectivity index (χ1v) is 8.58. The second-order valence-electron chi connectivity index (χ2n) is 6.64. The number of hydrogen-bond acceptors (Lipinski definition) is 3. The Hall–Kier alpha value is -3.02. The van der Waals surface area contributed by atoms with E-state index >= 15 is 0 Å². The normalized spacial score (nSPS) is 17.9. The molecule has 2 aromatic rings. The van der Waals surface area contributed by atoms with Crippen molar-refractivity contribution in [2.24, 2.45) is 0 Å². The molecule has 0 fully saturated rings. The van der Waals surface area contributed by atoms with Crippen molar-refractivity contribution >= 4 is 11.4 Å². The van der Waals surface area contributed by atoms with Gasteiger partial charge in [-0.15, -0.1) is 0 Å². The Labute approximate surface area is 153 Å². The Morgan fingerprint density at radius 3 is 2.50 bits per heavy atom. The lowest BCUT2D eigenvalue weighted by Crippen LogP contribution is -2.39. The minimum atomic E-state index is 0.240. The Morgan fingerprint density at radius 1 is 1.04 bits per heavy atom. The summed E-state index contributed by atoms with van der Waals surface area (Å²) in [5.74, 6) is 1.58. The van der Waals surface area contributed by atoms with Crippen LogP contribution in [-0.2, 0) is 19.4 Å². The predicted molar refractivity (Wildman–Crippen MR) is 99.1 cm³/mol. The second kappa shape index (κ2) is 6.37. The van der Waals surface area contributed by atoms with E-state index in [1.807, 2.05) is 18.2 Å². The zero-order valence-corrected chi connectivity index (χ0v) is 14.9. The minimum absolute atomic E-state index is 0.240. The summed E-state index contributed by atoms with van der Waals surface area (Å²) in [5, 5.41) is 0. The van der Waals surface area contributed by atoms with E-state index in [-0.39, 0.29) is 6.04 Å². The third-order valence-corrected chi connectivity index (χ3v) is 5.47. The number of methoxy groups -OCH3 is 2. The second-order valence-corrected chi connectivity index (χ2v) is 6.64. The SMILES string of the molecule is [C-]#[N+]c1cc2c(cc1[N+]#[C-])C1Cc3ccc(OC)c(OC)c3CN1CC2. The fraction of sp³-hybridized carbons (Fsp3) is 0.333. The topological polar surface area (TPSA) is 30.4 Å². The quantitative estimate of drug-likeness (QED) is 0.753. The Kier molecular flexibility index (Phi) is 4.03. The van der Waals surface area contributed by atoms with E-state index in [2.05, 4.69) is 20.7 Å². The number of benzene rings is 2. The van der Waals surface area contributed by atoms with Crippen molar-refractivity contribution < 1.29 is 9.47 Å². The molecule has 0 N–H and O–H groups in total. The van der Waals surface area contributed by atoms with Gasteiger partial charge in [0.25, 0.3) is 0 Å². The molecule has 5 heteroatoms. The highest BCUT2D eigenvalue weighted by atomic mass is 16.5. The fourth-order valence-corrected chi connectivity index (χ4v) is 4.19. The van der Waals surface area contributed by atoms with Crippen LogP contribution < -0.4 is 9.47 Å². The van der Waals surface area contributed by atoms with Gasteiger partial charge in [0.1, 0.15) is 0 Å². The molecule has 2 aliphatic heterocycles. The van der Waals surface area contributed by atoms with Crippen LogP contribution in [0.4, 0.5) is 11.4 Å². The smallest absolute Gasteiger partial charge is 0.194 e. The van der Waals surface area contributed by atoms with Crippen molar-refractivity contribution in [1.29, 1.82) is 0 Å². The van der Waals surface area contributed by atoms with Gasteiger partial charge in [0, 0.05) is 24.7 Å². The first-order valence-electron chi connectivity index (χ1n) is 8.58. The lowest BCUT2D eigenvalue weighted by Gasteiger charge is -2.42. The highest BCUT2D eigenvalue weighted by molar-refractivity contribution is 5.73. The van der Waals surface area contributed by atoms with Crippen molar-refractivity contribution in [2.45, 2.75) is 25.4 Å². The van der Waals surface area contributed by atoms with Gasteiger partial charge in [0.15, 0.2) is 22.9 Å². The van der Waals surface area contributed by atoms with Gasteiger partial charge >= 0.3 is 0 Å². The number of nitrogens with zero attached hydrogens (tertiary/aromatic N) is 3. The van der Waals surface area contributed by atoms with E-state index in [1.54, 1.807) is 14.2 Å². The highest BCUT2D eigenvalue weighted by Crippen LogP contribution is 2.45. The zero-order chi connectivity index (χ0) is 18.3. The van der Waals surface area contributed by atoms with E-state index < -0.39 is 0 Å². The van der Waals surface area contributed by atoms with Gasteiger partial charge in [-0.25, -0.2) is 0 Å². The molecule has 0 aromatic heterocycles. The van der Waals surface area contributed by atoms with Crippen molar-refractivity contribution in [3.8, 4) is 11.5 Å². The van der Waals surface area contributed by atoms with E-state index in [0.29, 0.717) is 11.4 Å². The molecular formula is C21H19N3O2. The van der Waals surface area contributed by atoms with Crippen LogP contribution in [0.1, 0.15) is 28.3 Å². The molecule has 2 heterocycles.